The molecule has 0 rings (SSSR count). The first kappa shape index (κ1) is 14.7. The highest BCUT2D eigenvalue weighted by molar-refractivity contribution is 5.82. The minimum absolute atomic E-state index is 0.280. The van der Waals surface area contributed by atoms with Gasteiger partial charge in [0, 0.05) is 13.1 Å². The van der Waals surface area contributed by atoms with E-state index in [1.165, 1.54) is 0 Å². The number of aliphatic carboxylic acids is 1. The van der Waals surface area contributed by atoms with Gasteiger partial charge < -0.3 is 15.3 Å². The van der Waals surface area contributed by atoms with Crippen molar-refractivity contribution in [2.75, 3.05) is 13.1 Å². The van der Waals surface area contributed by atoms with Crippen molar-refractivity contribution in [3.63, 3.8) is 0 Å². The van der Waals surface area contributed by atoms with Gasteiger partial charge in [0.25, 0.3) is 0 Å². The van der Waals surface area contributed by atoms with E-state index in [2.05, 4.69) is 5.32 Å². The number of amides is 2. The Morgan fingerprint density at radius 3 is 2.00 bits per heavy atom. The van der Waals surface area contributed by atoms with Gasteiger partial charge in [0.15, 0.2) is 0 Å². The summed E-state index contributed by atoms with van der Waals surface area (Å²) >= 11 is 0. The second kappa shape index (κ2) is 7.96. The monoisotopic (exact) mass is 230 g/mol. The third kappa shape index (κ3) is 5.00. The minimum Gasteiger partial charge on any atom is -0.480 e. The number of carbonyl (C=O) groups is 2. The van der Waals surface area contributed by atoms with E-state index >= 15 is 0 Å². The summed E-state index contributed by atoms with van der Waals surface area (Å²) in [6.45, 7) is 7.05. The summed E-state index contributed by atoms with van der Waals surface area (Å²) in [5.41, 5.74) is 0. The van der Waals surface area contributed by atoms with E-state index in [-0.39, 0.29) is 6.03 Å². The SMILES string of the molecule is CCCN(CCC)C(=O)N[C@@H](CC)C(=O)O. The van der Waals surface area contributed by atoms with Crippen LogP contribution >= 0.6 is 0 Å². The Labute approximate surface area is 96.8 Å². The van der Waals surface area contributed by atoms with Gasteiger partial charge in [-0.15, -0.1) is 0 Å². The molecule has 5 heteroatoms. The Morgan fingerprint density at radius 1 is 1.19 bits per heavy atom. The van der Waals surface area contributed by atoms with E-state index in [4.69, 9.17) is 5.11 Å². The fourth-order valence-electron chi connectivity index (χ4n) is 1.43. The van der Waals surface area contributed by atoms with Crippen molar-refractivity contribution >= 4 is 12.0 Å². The molecule has 94 valence electrons. The molecule has 0 spiro atoms. The third-order valence-corrected chi connectivity index (χ3v) is 2.28. The van der Waals surface area contributed by atoms with Gasteiger partial charge in [-0.25, -0.2) is 9.59 Å². The van der Waals surface area contributed by atoms with E-state index in [1.807, 2.05) is 13.8 Å². The summed E-state index contributed by atoms with van der Waals surface area (Å²) in [5, 5.41) is 11.4. The van der Waals surface area contributed by atoms with Gasteiger partial charge in [-0.3, -0.25) is 0 Å². The highest BCUT2D eigenvalue weighted by Crippen LogP contribution is 1.98. The predicted molar refractivity (Wildman–Crippen MR) is 62.4 cm³/mol. The quantitative estimate of drug-likeness (QED) is 0.699. The Bertz CT molecular complexity index is 225. The van der Waals surface area contributed by atoms with Gasteiger partial charge in [0.05, 0.1) is 0 Å². The van der Waals surface area contributed by atoms with Crippen molar-refractivity contribution in [2.24, 2.45) is 0 Å². The van der Waals surface area contributed by atoms with Crippen LogP contribution in [-0.2, 0) is 4.79 Å². The highest BCUT2D eigenvalue weighted by atomic mass is 16.4. The zero-order valence-electron chi connectivity index (χ0n) is 10.3. The number of nitrogens with one attached hydrogen (secondary N) is 1. The standard InChI is InChI=1S/C11H22N2O3/c1-4-7-13(8-5-2)11(16)12-9(6-3)10(14)15/h9H,4-8H2,1-3H3,(H,12,16)(H,14,15)/t9-/m0/s1. The number of carbonyl (C=O) groups excluding carboxylic acids is 1. The lowest BCUT2D eigenvalue weighted by Gasteiger charge is -2.23. The second-order valence-electron chi connectivity index (χ2n) is 3.74. The fraction of sp³-hybridized carbons (Fsp3) is 0.818. The molecule has 0 aromatic rings. The number of urea groups is 1. The van der Waals surface area contributed by atoms with Crippen molar-refractivity contribution in [1.82, 2.24) is 10.2 Å². The molecule has 1 atom stereocenters. The topological polar surface area (TPSA) is 69.6 Å². The van der Waals surface area contributed by atoms with Gasteiger partial charge in [-0.2, -0.15) is 0 Å². The molecule has 0 bridgehead atoms. The number of hydrogen-bond donors (Lipinski definition) is 2. The van der Waals surface area contributed by atoms with Crippen LogP contribution in [0.15, 0.2) is 0 Å². The maximum atomic E-state index is 11.7. The summed E-state index contributed by atoms with van der Waals surface area (Å²) in [6.07, 6.45) is 2.14. The van der Waals surface area contributed by atoms with E-state index in [9.17, 15) is 9.59 Å². The van der Waals surface area contributed by atoms with Crippen molar-refractivity contribution in [3.8, 4) is 0 Å². The van der Waals surface area contributed by atoms with Crippen LogP contribution < -0.4 is 5.32 Å². The molecule has 0 saturated carbocycles. The first-order valence-electron chi connectivity index (χ1n) is 5.84. The van der Waals surface area contributed by atoms with Gasteiger partial charge in [-0.1, -0.05) is 20.8 Å². The first-order chi connectivity index (χ1) is 7.56. The molecule has 2 amide bonds. The van der Waals surface area contributed by atoms with E-state index in [1.54, 1.807) is 11.8 Å². The van der Waals surface area contributed by atoms with Crippen molar-refractivity contribution in [3.05, 3.63) is 0 Å². The molecule has 2 N–H and O–H groups in total. The zero-order valence-corrected chi connectivity index (χ0v) is 10.3. The summed E-state index contributed by atoms with van der Waals surface area (Å²) < 4.78 is 0. The minimum atomic E-state index is -0.983. The molecule has 0 aromatic carbocycles. The van der Waals surface area contributed by atoms with Crippen molar-refractivity contribution < 1.29 is 14.7 Å². The lowest BCUT2D eigenvalue weighted by Crippen LogP contribution is -2.48. The molecule has 0 saturated heterocycles. The molecule has 0 aliphatic rings. The zero-order chi connectivity index (χ0) is 12.6. The molecule has 0 heterocycles. The van der Waals surface area contributed by atoms with Crippen molar-refractivity contribution in [2.45, 2.75) is 46.1 Å². The summed E-state index contributed by atoms with van der Waals surface area (Å²) in [5.74, 6) is -0.983. The lowest BCUT2D eigenvalue weighted by atomic mass is 10.2. The Hall–Kier alpha value is -1.26. The van der Waals surface area contributed by atoms with Crippen LogP contribution in [0.25, 0.3) is 0 Å². The predicted octanol–water partition coefficient (Wildman–Crippen LogP) is 1.68. The van der Waals surface area contributed by atoms with Gasteiger partial charge in [0.2, 0.25) is 0 Å². The third-order valence-electron chi connectivity index (χ3n) is 2.28. The number of nitrogens with zero attached hydrogens (tertiary/aromatic N) is 1. The number of hydrogen-bond acceptors (Lipinski definition) is 2. The smallest absolute Gasteiger partial charge is 0.326 e. The number of carboxylic acid groups (broad SMARTS) is 1. The van der Waals surface area contributed by atoms with Gasteiger partial charge >= 0.3 is 12.0 Å². The Kier molecular flexibility index (Phi) is 7.33. The molecule has 0 radical (unpaired) electrons. The second-order valence-corrected chi connectivity index (χ2v) is 3.74. The first-order valence-corrected chi connectivity index (χ1v) is 5.84. The average molecular weight is 230 g/mol. The van der Waals surface area contributed by atoms with Crippen molar-refractivity contribution in [1.29, 1.82) is 0 Å². The molecule has 0 fully saturated rings. The normalized spacial score (nSPS) is 11.9. The fourth-order valence-corrected chi connectivity index (χ4v) is 1.43. The molecule has 0 aliphatic carbocycles. The van der Waals surface area contributed by atoms with Crippen LogP contribution in [0.5, 0.6) is 0 Å². The molecular weight excluding hydrogens is 208 g/mol. The Morgan fingerprint density at radius 2 is 1.69 bits per heavy atom. The molecule has 0 unspecified atom stereocenters. The molecule has 0 aliphatic heterocycles. The molecule has 5 nitrogen and oxygen atoms in total. The van der Waals surface area contributed by atoms with E-state index < -0.39 is 12.0 Å². The van der Waals surface area contributed by atoms with Crippen LogP contribution in [0.3, 0.4) is 0 Å². The van der Waals surface area contributed by atoms with Crippen LogP contribution in [0.1, 0.15) is 40.0 Å². The maximum absolute atomic E-state index is 11.7. The Balaban J connectivity index is 4.32. The summed E-state index contributed by atoms with van der Waals surface area (Å²) in [6, 6.07) is -1.07. The van der Waals surface area contributed by atoms with E-state index in [0.717, 1.165) is 12.8 Å². The highest BCUT2D eigenvalue weighted by Gasteiger charge is 2.20. The summed E-state index contributed by atoms with van der Waals surface area (Å²) in [4.78, 5) is 24.2. The maximum Gasteiger partial charge on any atom is 0.326 e. The van der Waals surface area contributed by atoms with Crippen LogP contribution in [-0.4, -0.2) is 41.1 Å². The largest absolute Gasteiger partial charge is 0.480 e. The molecular formula is C11H22N2O3. The average Bonchev–Trinajstić information content (AvgIpc) is 2.24. The molecule has 16 heavy (non-hydrogen) atoms. The summed E-state index contributed by atoms with van der Waals surface area (Å²) in [7, 11) is 0. The lowest BCUT2D eigenvalue weighted by molar-refractivity contribution is -0.139. The number of rotatable bonds is 7. The van der Waals surface area contributed by atoms with Crippen LogP contribution in [0.2, 0.25) is 0 Å². The van der Waals surface area contributed by atoms with Gasteiger partial charge in [0.1, 0.15) is 6.04 Å². The molecule has 0 aromatic heterocycles. The van der Waals surface area contributed by atoms with Crippen LogP contribution in [0.4, 0.5) is 4.79 Å². The van der Waals surface area contributed by atoms with E-state index in [0.29, 0.717) is 19.5 Å². The van der Waals surface area contributed by atoms with Crippen LogP contribution in [0, 0.1) is 0 Å². The van der Waals surface area contributed by atoms with Gasteiger partial charge in [-0.05, 0) is 19.3 Å². The number of carboxylic acids is 1.